The molecule has 0 aliphatic rings. The molecule has 0 spiro atoms. The van der Waals surface area contributed by atoms with Crippen LogP contribution >= 0.6 is 0 Å². The zero-order chi connectivity index (χ0) is 16.0. The Bertz CT molecular complexity index is 610. The van der Waals surface area contributed by atoms with Gasteiger partial charge >= 0.3 is 12.0 Å². The Balaban J connectivity index is 2.56. The summed E-state index contributed by atoms with van der Waals surface area (Å²) in [6.07, 6.45) is 1.40. The molecule has 116 valence electrons. The average Bonchev–Trinajstić information content (AvgIpc) is 2.41. The van der Waals surface area contributed by atoms with Gasteiger partial charge in [-0.3, -0.25) is 0 Å². The smallest absolute Gasteiger partial charge is 0.326 e. The van der Waals surface area contributed by atoms with Gasteiger partial charge in [-0.1, -0.05) is 19.1 Å². The molecule has 1 aromatic rings. The minimum Gasteiger partial charge on any atom is -0.480 e. The summed E-state index contributed by atoms with van der Waals surface area (Å²) < 4.78 is 22.6. The van der Waals surface area contributed by atoms with Gasteiger partial charge in [-0.15, -0.1) is 0 Å². The molecule has 0 saturated heterocycles. The first-order valence-electron chi connectivity index (χ1n) is 6.30. The van der Waals surface area contributed by atoms with E-state index in [0.717, 1.165) is 6.26 Å². The Labute approximate surface area is 123 Å². The molecule has 21 heavy (non-hydrogen) atoms. The van der Waals surface area contributed by atoms with Crippen molar-refractivity contribution >= 4 is 21.8 Å². The van der Waals surface area contributed by atoms with Crippen molar-refractivity contribution in [2.75, 3.05) is 6.26 Å². The van der Waals surface area contributed by atoms with Gasteiger partial charge < -0.3 is 15.7 Å². The van der Waals surface area contributed by atoms with Gasteiger partial charge in [0.05, 0.1) is 4.90 Å². The summed E-state index contributed by atoms with van der Waals surface area (Å²) in [7, 11) is -3.24. The third-order valence-electron chi connectivity index (χ3n) is 2.82. The number of nitrogens with one attached hydrogen (secondary N) is 2. The molecule has 0 aromatic heterocycles. The normalized spacial score (nSPS) is 12.5. The molecule has 2 amide bonds. The van der Waals surface area contributed by atoms with E-state index in [2.05, 4.69) is 10.6 Å². The summed E-state index contributed by atoms with van der Waals surface area (Å²) in [4.78, 5) is 22.5. The van der Waals surface area contributed by atoms with Crippen molar-refractivity contribution in [2.24, 2.45) is 0 Å². The predicted molar refractivity (Wildman–Crippen MR) is 76.6 cm³/mol. The molecule has 1 aromatic carbocycles. The van der Waals surface area contributed by atoms with E-state index in [-0.39, 0.29) is 17.9 Å². The number of amides is 2. The van der Waals surface area contributed by atoms with Gasteiger partial charge in [0.25, 0.3) is 0 Å². The van der Waals surface area contributed by atoms with Gasteiger partial charge in [0, 0.05) is 12.8 Å². The lowest BCUT2D eigenvalue weighted by atomic mass is 10.2. The molecule has 0 saturated carbocycles. The largest absolute Gasteiger partial charge is 0.480 e. The first-order chi connectivity index (χ1) is 9.74. The van der Waals surface area contributed by atoms with Crippen LogP contribution in [0.15, 0.2) is 29.2 Å². The van der Waals surface area contributed by atoms with Crippen LogP contribution in [-0.2, 0) is 21.2 Å². The highest BCUT2D eigenvalue weighted by Crippen LogP contribution is 2.10. The summed E-state index contributed by atoms with van der Waals surface area (Å²) in [6.45, 7) is 1.83. The van der Waals surface area contributed by atoms with E-state index < -0.39 is 27.9 Å². The van der Waals surface area contributed by atoms with E-state index in [9.17, 15) is 18.0 Å². The zero-order valence-corrected chi connectivity index (χ0v) is 12.6. The zero-order valence-electron chi connectivity index (χ0n) is 11.8. The monoisotopic (exact) mass is 314 g/mol. The lowest BCUT2D eigenvalue weighted by Crippen LogP contribution is -2.45. The van der Waals surface area contributed by atoms with E-state index in [1.165, 1.54) is 12.1 Å². The van der Waals surface area contributed by atoms with E-state index in [1.807, 2.05) is 0 Å². The lowest BCUT2D eigenvalue weighted by molar-refractivity contribution is -0.139. The van der Waals surface area contributed by atoms with Crippen molar-refractivity contribution in [1.82, 2.24) is 10.6 Å². The summed E-state index contributed by atoms with van der Waals surface area (Å²) in [6, 6.07) is 4.57. The molecule has 0 aliphatic heterocycles. The van der Waals surface area contributed by atoms with Crippen molar-refractivity contribution in [3.63, 3.8) is 0 Å². The SMILES string of the molecule is CC[C@@H](NC(=O)NCc1ccc(S(C)(=O)=O)cc1)C(=O)O. The van der Waals surface area contributed by atoms with Gasteiger partial charge in [-0.25, -0.2) is 18.0 Å². The molecular formula is C13H18N2O5S. The Hall–Kier alpha value is -2.09. The number of rotatable bonds is 6. The maximum absolute atomic E-state index is 11.5. The molecule has 0 fully saturated rings. The van der Waals surface area contributed by atoms with Gasteiger partial charge in [0.2, 0.25) is 0 Å². The third-order valence-corrected chi connectivity index (χ3v) is 3.94. The summed E-state index contributed by atoms with van der Waals surface area (Å²) in [5.74, 6) is -1.09. The number of carboxylic acid groups (broad SMARTS) is 1. The fraction of sp³-hybridized carbons (Fsp3) is 0.385. The van der Waals surface area contributed by atoms with Gasteiger partial charge in [-0.05, 0) is 24.1 Å². The fourth-order valence-corrected chi connectivity index (χ4v) is 2.22. The lowest BCUT2D eigenvalue weighted by Gasteiger charge is -2.13. The number of hydrogen-bond donors (Lipinski definition) is 3. The van der Waals surface area contributed by atoms with Crippen molar-refractivity contribution in [3.05, 3.63) is 29.8 Å². The van der Waals surface area contributed by atoms with Crippen LogP contribution in [0.3, 0.4) is 0 Å². The highest BCUT2D eigenvalue weighted by Gasteiger charge is 2.17. The second kappa shape index (κ2) is 7.07. The van der Waals surface area contributed by atoms with Crippen molar-refractivity contribution in [2.45, 2.75) is 30.8 Å². The van der Waals surface area contributed by atoms with Crippen molar-refractivity contribution < 1.29 is 23.1 Å². The molecule has 3 N–H and O–H groups in total. The second-order valence-corrected chi connectivity index (χ2v) is 6.56. The van der Waals surface area contributed by atoms with Crippen LogP contribution in [0.5, 0.6) is 0 Å². The van der Waals surface area contributed by atoms with Gasteiger partial charge in [0.15, 0.2) is 9.84 Å². The number of aliphatic carboxylic acids is 1. The molecule has 1 rings (SSSR count). The van der Waals surface area contributed by atoms with Crippen LogP contribution in [0.4, 0.5) is 4.79 Å². The number of carboxylic acids is 1. The number of carbonyl (C=O) groups excluding carboxylic acids is 1. The van der Waals surface area contributed by atoms with Crippen LogP contribution in [0.25, 0.3) is 0 Å². The first kappa shape index (κ1) is 17.0. The Kier molecular flexibility index (Phi) is 5.71. The van der Waals surface area contributed by atoms with E-state index in [0.29, 0.717) is 5.56 Å². The predicted octanol–water partition coefficient (Wildman–Crippen LogP) is 0.752. The number of carbonyl (C=O) groups is 2. The quantitative estimate of drug-likeness (QED) is 0.717. The molecule has 0 heterocycles. The highest BCUT2D eigenvalue weighted by molar-refractivity contribution is 7.90. The van der Waals surface area contributed by atoms with Gasteiger partial charge in [0.1, 0.15) is 6.04 Å². The summed E-state index contributed by atoms with van der Waals surface area (Å²) in [5.41, 5.74) is 0.709. The van der Waals surface area contributed by atoms with Crippen molar-refractivity contribution in [3.8, 4) is 0 Å². The van der Waals surface area contributed by atoms with Gasteiger partial charge in [-0.2, -0.15) is 0 Å². The van der Waals surface area contributed by atoms with Crippen LogP contribution in [0, 0.1) is 0 Å². The van der Waals surface area contributed by atoms with Crippen LogP contribution < -0.4 is 10.6 Å². The highest BCUT2D eigenvalue weighted by atomic mass is 32.2. The number of hydrogen-bond acceptors (Lipinski definition) is 4. The average molecular weight is 314 g/mol. The van der Waals surface area contributed by atoms with Crippen LogP contribution in [-0.4, -0.2) is 37.8 Å². The first-order valence-corrected chi connectivity index (χ1v) is 8.19. The van der Waals surface area contributed by atoms with Crippen LogP contribution in [0.2, 0.25) is 0 Å². The molecule has 0 unspecified atom stereocenters. The Morgan fingerprint density at radius 1 is 1.24 bits per heavy atom. The number of benzene rings is 1. The van der Waals surface area contributed by atoms with E-state index in [1.54, 1.807) is 19.1 Å². The standard InChI is InChI=1S/C13H18N2O5S/c1-3-11(12(16)17)15-13(18)14-8-9-4-6-10(7-5-9)21(2,19)20/h4-7,11H,3,8H2,1-2H3,(H,16,17)(H2,14,15,18)/t11-/m1/s1. The van der Waals surface area contributed by atoms with E-state index >= 15 is 0 Å². The molecule has 0 radical (unpaired) electrons. The fourth-order valence-electron chi connectivity index (χ4n) is 1.58. The molecule has 7 nitrogen and oxygen atoms in total. The molecular weight excluding hydrogens is 296 g/mol. The number of urea groups is 1. The molecule has 0 bridgehead atoms. The Morgan fingerprint density at radius 3 is 2.24 bits per heavy atom. The topological polar surface area (TPSA) is 113 Å². The minimum atomic E-state index is -3.24. The minimum absolute atomic E-state index is 0.173. The molecule has 1 atom stereocenters. The molecule has 8 heteroatoms. The number of sulfone groups is 1. The second-order valence-electron chi connectivity index (χ2n) is 4.54. The summed E-state index contributed by atoms with van der Waals surface area (Å²) in [5, 5.41) is 13.7. The summed E-state index contributed by atoms with van der Waals surface area (Å²) >= 11 is 0. The van der Waals surface area contributed by atoms with Crippen LogP contribution in [0.1, 0.15) is 18.9 Å². The van der Waals surface area contributed by atoms with E-state index in [4.69, 9.17) is 5.11 Å². The maximum atomic E-state index is 11.5. The molecule has 0 aliphatic carbocycles. The van der Waals surface area contributed by atoms with Crippen molar-refractivity contribution in [1.29, 1.82) is 0 Å². The Morgan fingerprint density at radius 2 is 1.81 bits per heavy atom. The third kappa shape index (κ3) is 5.42. The maximum Gasteiger partial charge on any atom is 0.326 e.